The van der Waals surface area contributed by atoms with Gasteiger partial charge in [0.2, 0.25) is 12.0 Å². The molecule has 0 radical (unpaired) electrons. The molecule has 1 heterocycles. The summed E-state index contributed by atoms with van der Waals surface area (Å²) in [5, 5.41) is 3.09. The summed E-state index contributed by atoms with van der Waals surface area (Å²) in [4.78, 5) is 39.2. The van der Waals surface area contributed by atoms with E-state index >= 15 is 0 Å². The number of nitrogens with zero attached hydrogens (tertiary/aromatic N) is 1. The summed E-state index contributed by atoms with van der Waals surface area (Å²) in [6.45, 7) is 2.40. The van der Waals surface area contributed by atoms with Crippen molar-refractivity contribution in [3.8, 4) is 5.75 Å². The maximum Gasteiger partial charge on any atom is 0.311 e. The first kappa shape index (κ1) is 22.6. The van der Waals surface area contributed by atoms with Crippen molar-refractivity contribution < 1.29 is 23.9 Å². The topological polar surface area (TPSA) is 84.9 Å². The average Bonchev–Trinajstić information content (AvgIpc) is 2.78. The van der Waals surface area contributed by atoms with Crippen molar-refractivity contribution in [2.75, 3.05) is 25.5 Å². The van der Waals surface area contributed by atoms with Crippen LogP contribution in [-0.4, -0.2) is 42.9 Å². The third-order valence-corrected chi connectivity index (χ3v) is 5.49. The Bertz CT molecular complexity index is 950. The number of halogens is 1. The Morgan fingerprint density at radius 2 is 1.90 bits per heavy atom. The van der Waals surface area contributed by atoms with Gasteiger partial charge in [-0.05, 0) is 31.0 Å². The fraction of sp³-hybridized carbons (Fsp3) is 0.348. The molecular formula is C23H25ClN2O5. The van der Waals surface area contributed by atoms with Crippen LogP contribution >= 0.6 is 11.6 Å². The normalized spacial score (nSPS) is 16.9. The summed E-state index contributed by atoms with van der Waals surface area (Å²) < 4.78 is 10.8. The minimum atomic E-state index is -1.14. The molecule has 1 fully saturated rings. The summed E-state index contributed by atoms with van der Waals surface area (Å²) in [5.41, 5.74) is 1.00. The van der Waals surface area contributed by atoms with E-state index in [2.05, 4.69) is 5.32 Å². The van der Waals surface area contributed by atoms with Gasteiger partial charge in [0.25, 0.3) is 5.91 Å². The molecule has 8 heteroatoms. The number of methoxy groups -OCH3 is 1. The highest BCUT2D eigenvalue weighted by Gasteiger charge is 2.32. The number of amides is 2. The molecule has 0 aromatic heterocycles. The van der Waals surface area contributed by atoms with Crippen molar-refractivity contribution in [1.82, 2.24) is 4.90 Å². The lowest BCUT2D eigenvalue weighted by atomic mass is 9.98. The van der Waals surface area contributed by atoms with E-state index in [1.54, 1.807) is 47.4 Å². The zero-order valence-corrected chi connectivity index (χ0v) is 18.2. The smallest absolute Gasteiger partial charge is 0.311 e. The van der Waals surface area contributed by atoms with Crippen molar-refractivity contribution in [2.24, 2.45) is 5.92 Å². The number of rotatable bonds is 6. The molecule has 0 aliphatic carbocycles. The summed E-state index contributed by atoms with van der Waals surface area (Å²) in [6.07, 6.45) is 0.188. The van der Waals surface area contributed by atoms with Crippen LogP contribution in [0.25, 0.3) is 0 Å². The van der Waals surface area contributed by atoms with Crippen LogP contribution in [0.15, 0.2) is 48.5 Å². The van der Waals surface area contributed by atoms with Crippen LogP contribution in [0, 0.1) is 5.92 Å². The summed E-state index contributed by atoms with van der Waals surface area (Å²) in [7, 11) is 1.50. The van der Waals surface area contributed by atoms with Gasteiger partial charge in [-0.3, -0.25) is 14.4 Å². The van der Waals surface area contributed by atoms with Crippen LogP contribution in [-0.2, 0) is 19.1 Å². The van der Waals surface area contributed by atoms with Crippen LogP contribution in [0.4, 0.5) is 5.69 Å². The Hall–Kier alpha value is -3.06. The zero-order chi connectivity index (χ0) is 22.4. The number of carbonyl (C=O) groups excluding carboxylic acids is 3. The van der Waals surface area contributed by atoms with Gasteiger partial charge in [0.1, 0.15) is 5.75 Å². The average molecular weight is 445 g/mol. The number of hydrogen-bond acceptors (Lipinski definition) is 5. The highest BCUT2D eigenvalue weighted by atomic mass is 35.5. The number of ether oxygens (including phenoxy) is 2. The predicted molar refractivity (Wildman–Crippen MR) is 117 cm³/mol. The van der Waals surface area contributed by atoms with E-state index < -0.39 is 23.9 Å². The molecule has 0 saturated carbocycles. The van der Waals surface area contributed by atoms with Crippen molar-refractivity contribution >= 4 is 35.1 Å². The number of hydrogen-bond donors (Lipinski definition) is 1. The molecule has 2 aromatic rings. The number of piperidine rings is 1. The van der Waals surface area contributed by atoms with E-state index in [-0.39, 0.29) is 5.91 Å². The number of anilines is 1. The molecule has 2 atom stereocenters. The number of esters is 1. The molecule has 7 nitrogen and oxygen atoms in total. The molecule has 1 saturated heterocycles. The van der Waals surface area contributed by atoms with Gasteiger partial charge in [0, 0.05) is 31.3 Å². The molecule has 1 N–H and O–H groups in total. The van der Waals surface area contributed by atoms with E-state index in [0.717, 1.165) is 0 Å². The lowest BCUT2D eigenvalue weighted by molar-refractivity contribution is -0.161. The minimum Gasteiger partial charge on any atom is -0.495 e. The quantitative estimate of drug-likeness (QED) is 0.684. The Morgan fingerprint density at radius 1 is 1.16 bits per heavy atom. The van der Waals surface area contributed by atoms with Crippen LogP contribution in [0.5, 0.6) is 5.75 Å². The maximum atomic E-state index is 13.0. The second kappa shape index (κ2) is 10.3. The SMILES string of the molecule is COc1ccc(NC(=O)[C@@H](OC(=O)[C@@H]2CCCN(C(C)=O)C2)c2ccccc2)cc1Cl. The lowest BCUT2D eigenvalue weighted by Gasteiger charge is -2.31. The van der Waals surface area contributed by atoms with Crippen molar-refractivity contribution in [3.63, 3.8) is 0 Å². The van der Waals surface area contributed by atoms with E-state index in [4.69, 9.17) is 21.1 Å². The number of likely N-dealkylation sites (tertiary alicyclic amines) is 1. The van der Waals surface area contributed by atoms with E-state index in [1.807, 2.05) is 6.07 Å². The molecule has 1 aliphatic heterocycles. The first-order chi connectivity index (χ1) is 14.9. The molecule has 2 amide bonds. The molecular weight excluding hydrogens is 420 g/mol. The van der Waals surface area contributed by atoms with E-state index in [1.165, 1.54) is 14.0 Å². The molecule has 31 heavy (non-hydrogen) atoms. The molecule has 2 aromatic carbocycles. The Morgan fingerprint density at radius 3 is 2.55 bits per heavy atom. The molecule has 0 spiro atoms. The van der Waals surface area contributed by atoms with Gasteiger partial charge in [-0.25, -0.2) is 0 Å². The fourth-order valence-corrected chi connectivity index (χ4v) is 3.78. The molecule has 0 bridgehead atoms. The van der Waals surface area contributed by atoms with Crippen LogP contribution < -0.4 is 10.1 Å². The Labute approximate surface area is 186 Å². The van der Waals surface area contributed by atoms with Gasteiger partial charge in [-0.1, -0.05) is 41.9 Å². The monoisotopic (exact) mass is 444 g/mol. The number of carbonyl (C=O) groups is 3. The molecule has 0 unspecified atom stereocenters. The largest absolute Gasteiger partial charge is 0.495 e. The van der Waals surface area contributed by atoms with E-state index in [0.29, 0.717) is 48.0 Å². The standard InChI is InChI=1S/C23H25ClN2O5/c1-15(27)26-12-6-9-17(14-26)23(29)31-21(16-7-4-3-5-8-16)22(28)25-18-10-11-20(30-2)19(24)13-18/h3-5,7-8,10-11,13,17,21H,6,9,12,14H2,1-2H3,(H,25,28)/t17-,21+/m1/s1. The lowest BCUT2D eigenvalue weighted by Crippen LogP contribution is -2.42. The fourth-order valence-electron chi connectivity index (χ4n) is 3.52. The van der Waals surface area contributed by atoms with Gasteiger partial charge >= 0.3 is 5.97 Å². The van der Waals surface area contributed by atoms with Crippen LogP contribution in [0.2, 0.25) is 5.02 Å². The van der Waals surface area contributed by atoms with E-state index in [9.17, 15) is 14.4 Å². The Balaban J connectivity index is 1.77. The van der Waals surface area contributed by atoms with Gasteiger partial charge in [0.15, 0.2) is 0 Å². The Kier molecular flexibility index (Phi) is 7.52. The predicted octanol–water partition coefficient (Wildman–Crippen LogP) is 3.83. The highest BCUT2D eigenvalue weighted by molar-refractivity contribution is 6.32. The molecule has 1 aliphatic rings. The van der Waals surface area contributed by atoms with Gasteiger partial charge in [0.05, 0.1) is 18.1 Å². The number of benzene rings is 2. The maximum absolute atomic E-state index is 13.0. The zero-order valence-electron chi connectivity index (χ0n) is 17.5. The summed E-state index contributed by atoms with van der Waals surface area (Å²) in [5.74, 6) is -1.06. The first-order valence-corrected chi connectivity index (χ1v) is 10.4. The summed E-state index contributed by atoms with van der Waals surface area (Å²) >= 11 is 6.14. The van der Waals surface area contributed by atoms with Gasteiger partial charge in [-0.2, -0.15) is 0 Å². The van der Waals surface area contributed by atoms with Gasteiger partial charge in [-0.15, -0.1) is 0 Å². The van der Waals surface area contributed by atoms with Crippen LogP contribution in [0.1, 0.15) is 31.4 Å². The molecule has 3 rings (SSSR count). The first-order valence-electron chi connectivity index (χ1n) is 10.0. The van der Waals surface area contributed by atoms with Gasteiger partial charge < -0.3 is 19.7 Å². The van der Waals surface area contributed by atoms with Crippen molar-refractivity contribution in [3.05, 3.63) is 59.1 Å². The number of nitrogens with one attached hydrogen (secondary N) is 1. The molecule has 164 valence electrons. The second-order valence-corrected chi connectivity index (χ2v) is 7.78. The minimum absolute atomic E-state index is 0.0776. The third kappa shape index (κ3) is 5.76. The van der Waals surface area contributed by atoms with Crippen molar-refractivity contribution in [1.29, 1.82) is 0 Å². The third-order valence-electron chi connectivity index (χ3n) is 5.19. The summed E-state index contributed by atoms with van der Waals surface area (Å²) in [6, 6.07) is 13.7. The van der Waals surface area contributed by atoms with Crippen LogP contribution in [0.3, 0.4) is 0 Å². The second-order valence-electron chi connectivity index (χ2n) is 7.37. The highest BCUT2D eigenvalue weighted by Crippen LogP contribution is 2.29. The van der Waals surface area contributed by atoms with Crippen molar-refractivity contribution in [2.45, 2.75) is 25.9 Å².